The predicted octanol–water partition coefficient (Wildman–Crippen LogP) is 3.64. The van der Waals surface area contributed by atoms with Crippen LogP contribution in [0.25, 0.3) is 0 Å². The molecule has 0 bridgehead atoms. The molecule has 1 aromatic rings. The van der Waals surface area contributed by atoms with Crippen LogP contribution < -0.4 is 4.74 Å². The Kier molecular flexibility index (Phi) is 4.42. The van der Waals surface area contributed by atoms with Gasteiger partial charge in [-0.15, -0.1) is 0 Å². The second kappa shape index (κ2) is 6.31. The highest BCUT2D eigenvalue weighted by molar-refractivity contribution is 5.78. The highest BCUT2D eigenvalue weighted by Gasteiger charge is 2.36. The van der Waals surface area contributed by atoms with Crippen LogP contribution in [0.2, 0.25) is 0 Å². The molecular formula is C19H27NO2. The number of hydrogen-bond donors (Lipinski definition) is 0. The molecule has 1 saturated carbocycles. The number of fused-ring (bicyclic) bond motifs is 1. The molecule has 3 nitrogen and oxygen atoms in total. The fraction of sp³-hybridized carbons (Fsp3) is 0.632. The molecule has 2 atom stereocenters. The molecule has 1 heterocycles. The van der Waals surface area contributed by atoms with Gasteiger partial charge in [-0.1, -0.05) is 25.0 Å². The topological polar surface area (TPSA) is 29.5 Å². The molecule has 3 rings (SSSR count). The van der Waals surface area contributed by atoms with Crippen molar-refractivity contribution in [2.75, 3.05) is 19.7 Å². The summed E-state index contributed by atoms with van der Waals surface area (Å²) >= 11 is 0. The van der Waals surface area contributed by atoms with Gasteiger partial charge in [0.15, 0.2) is 6.61 Å². The maximum absolute atomic E-state index is 12.5. The minimum Gasteiger partial charge on any atom is -0.483 e. The van der Waals surface area contributed by atoms with E-state index < -0.39 is 0 Å². The molecule has 2 unspecified atom stereocenters. The van der Waals surface area contributed by atoms with Gasteiger partial charge in [-0.3, -0.25) is 4.79 Å². The minimum atomic E-state index is 0.148. The predicted molar refractivity (Wildman–Crippen MR) is 88.2 cm³/mol. The van der Waals surface area contributed by atoms with Crippen LogP contribution in [0.4, 0.5) is 0 Å². The molecule has 3 heteroatoms. The van der Waals surface area contributed by atoms with E-state index in [1.807, 2.05) is 11.8 Å². The fourth-order valence-electron chi connectivity index (χ4n) is 3.98. The van der Waals surface area contributed by atoms with Gasteiger partial charge in [0.25, 0.3) is 5.91 Å². The third-order valence-electron chi connectivity index (χ3n) is 5.54. The number of ether oxygens (including phenoxy) is 1. The van der Waals surface area contributed by atoms with Crippen molar-refractivity contribution in [3.8, 4) is 5.75 Å². The van der Waals surface area contributed by atoms with Crippen LogP contribution in [0.5, 0.6) is 5.75 Å². The number of nitrogens with zero attached hydrogens (tertiary/aromatic N) is 1. The lowest BCUT2D eigenvalue weighted by atomic mass is 9.82. The average Bonchev–Trinajstić information content (AvgIpc) is 2.95. The summed E-state index contributed by atoms with van der Waals surface area (Å²) in [5.41, 5.74) is 3.45. The van der Waals surface area contributed by atoms with Gasteiger partial charge < -0.3 is 9.64 Å². The third kappa shape index (κ3) is 2.99. The van der Waals surface area contributed by atoms with Crippen LogP contribution in [0.15, 0.2) is 12.1 Å². The second-order valence-electron chi connectivity index (χ2n) is 7.05. The van der Waals surface area contributed by atoms with Crippen molar-refractivity contribution in [2.24, 2.45) is 11.8 Å². The first kappa shape index (κ1) is 15.4. The zero-order chi connectivity index (χ0) is 15.7. The number of aryl methyl sites for hydroxylation is 2. The van der Waals surface area contributed by atoms with Crippen molar-refractivity contribution in [3.05, 3.63) is 28.8 Å². The number of likely N-dealkylation sites (tertiary alicyclic amines) is 1. The normalized spacial score (nSPS) is 24.2. The lowest BCUT2D eigenvalue weighted by molar-refractivity contribution is -0.132. The van der Waals surface area contributed by atoms with Crippen molar-refractivity contribution in [1.29, 1.82) is 0 Å². The second-order valence-corrected chi connectivity index (χ2v) is 7.05. The quantitative estimate of drug-likeness (QED) is 0.853. The summed E-state index contributed by atoms with van der Waals surface area (Å²) in [5.74, 6) is 2.50. The fourth-order valence-corrected chi connectivity index (χ4v) is 3.98. The van der Waals surface area contributed by atoms with Crippen LogP contribution in [-0.4, -0.2) is 30.5 Å². The Morgan fingerprint density at radius 1 is 1.09 bits per heavy atom. The number of amides is 1. The van der Waals surface area contributed by atoms with E-state index in [2.05, 4.69) is 26.0 Å². The Bertz CT molecular complexity index is 553. The molecule has 22 heavy (non-hydrogen) atoms. The zero-order valence-electron chi connectivity index (χ0n) is 14.0. The van der Waals surface area contributed by atoms with Gasteiger partial charge >= 0.3 is 0 Å². The highest BCUT2D eigenvalue weighted by Crippen LogP contribution is 2.36. The van der Waals surface area contributed by atoms with Crippen molar-refractivity contribution in [2.45, 2.75) is 46.5 Å². The number of hydrogen-bond acceptors (Lipinski definition) is 2. The van der Waals surface area contributed by atoms with Crippen molar-refractivity contribution in [1.82, 2.24) is 4.90 Å². The first-order valence-electron chi connectivity index (χ1n) is 8.53. The van der Waals surface area contributed by atoms with Crippen molar-refractivity contribution >= 4 is 5.91 Å². The summed E-state index contributed by atoms with van der Waals surface area (Å²) in [4.78, 5) is 14.5. The van der Waals surface area contributed by atoms with Crippen molar-refractivity contribution < 1.29 is 9.53 Å². The van der Waals surface area contributed by atoms with E-state index in [0.717, 1.165) is 41.8 Å². The Hall–Kier alpha value is -1.51. The maximum Gasteiger partial charge on any atom is 0.260 e. The van der Waals surface area contributed by atoms with Gasteiger partial charge in [-0.05, 0) is 62.1 Å². The summed E-state index contributed by atoms with van der Waals surface area (Å²) < 4.78 is 5.88. The summed E-state index contributed by atoms with van der Waals surface area (Å²) in [6.07, 6.45) is 5.26. The van der Waals surface area contributed by atoms with E-state index >= 15 is 0 Å². The van der Waals surface area contributed by atoms with Crippen LogP contribution in [0, 0.1) is 32.6 Å². The molecule has 0 aromatic heterocycles. The zero-order valence-corrected chi connectivity index (χ0v) is 14.0. The molecule has 0 spiro atoms. The summed E-state index contributed by atoms with van der Waals surface area (Å²) in [6, 6.07) is 4.16. The standard InChI is InChI=1S/C19H27NO2/c1-13-8-9-14(2)19(15(13)3)22-12-18(21)20-10-16-6-4-5-7-17(16)11-20/h8-9,16-17H,4-7,10-12H2,1-3H3. The van der Waals surface area contributed by atoms with Crippen molar-refractivity contribution in [3.63, 3.8) is 0 Å². The molecule has 0 radical (unpaired) electrons. The molecule has 2 fully saturated rings. The largest absolute Gasteiger partial charge is 0.483 e. The van der Waals surface area contributed by atoms with Gasteiger partial charge in [-0.2, -0.15) is 0 Å². The van der Waals surface area contributed by atoms with Crippen LogP contribution in [-0.2, 0) is 4.79 Å². The number of carbonyl (C=O) groups excluding carboxylic acids is 1. The number of benzene rings is 1. The molecule has 1 amide bonds. The lowest BCUT2D eigenvalue weighted by Crippen LogP contribution is -2.33. The van der Waals surface area contributed by atoms with Crippen LogP contribution in [0.1, 0.15) is 42.4 Å². The average molecular weight is 301 g/mol. The molecule has 120 valence electrons. The van der Waals surface area contributed by atoms with Gasteiger partial charge in [0.05, 0.1) is 0 Å². The number of rotatable bonds is 3. The molecule has 0 N–H and O–H groups in total. The van der Waals surface area contributed by atoms with E-state index in [0.29, 0.717) is 0 Å². The van der Waals surface area contributed by atoms with E-state index in [1.165, 1.54) is 31.2 Å². The summed E-state index contributed by atoms with van der Waals surface area (Å²) in [5, 5.41) is 0. The monoisotopic (exact) mass is 301 g/mol. The van der Waals surface area contributed by atoms with E-state index in [1.54, 1.807) is 0 Å². The Morgan fingerprint density at radius 3 is 2.32 bits per heavy atom. The smallest absolute Gasteiger partial charge is 0.260 e. The molecule has 1 aliphatic heterocycles. The maximum atomic E-state index is 12.5. The first-order chi connectivity index (χ1) is 10.6. The number of carbonyl (C=O) groups is 1. The van der Waals surface area contributed by atoms with Gasteiger partial charge in [0.1, 0.15) is 5.75 Å². The first-order valence-corrected chi connectivity index (χ1v) is 8.53. The molecule has 1 aromatic carbocycles. The minimum absolute atomic E-state index is 0.148. The summed E-state index contributed by atoms with van der Waals surface area (Å²) in [7, 11) is 0. The molecule has 2 aliphatic rings. The van der Waals surface area contributed by atoms with E-state index in [9.17, 15) is 4.79 Å². The Labute approximate surface area is 133 Å². The summed E-state index contributed by atoms with van der Waals surface area (Å²) in [6.45, 7) is 8.24. The SMILES string of the molecule is Cc1ccc(C)c(OCC(=O)N2CC3CCCCC3C2)c1C. The molecule has 1 aliphatic carbocycles. The van der Waals surface area contributed by atoms with E-state index in [4.69, 9.17) is 4.74 Å². The van der Waals surface area contributed by atoms with Crippen LogP contribution >= 0.6 is 0 Å². The van der Waals surface area contributed by atoms with Gasteiger partial charge in [-0.25, -0.2) is 0 Å². The molecule has 1 saturated heterocycles. The Morgan fingerprint density at radius 2 is 1.68 bits per heavy atom. The molecular weight excluding hydrogens is 274 g/mol. The van der Waals surface area contributed by atoms with Gasteiger partial charge in [0, 0.05) is 13.1 Å². The third-order valence-corrected chi connectivity index (χ3v) is 5.54. The Balaban J connectivity index is 1.60. The van der Waals surface area contributed by atoms with Gasteiger partial charge in [0.2, 0.25) is 0 Å². The van der Waals surface area contributed by atoms with E-state index in [-0.39, 0.29) is 12.5 Å². The van der Waals surface area contributed by atoms with Crippen LogP contribution in [0.3, 0.4) is 0 Å². The highest BCUT2D eigenvalue weighted by atomic mass is 16.5. The lowest BCUT2D eigenvalue weighted by Gasteiger charge is -2.22.